The van der Waals surface area contributed by atoms with E-state index in [1.807, 2.05) is 20.1 Å². The summed E-state index contributed by atoms with van der Waals surface area (Å²) in [5.41, 5.74) is 0. The second-order valence-electron chi connectivity index (χ2n) is 4.11. The van der Waals surface area contributed by atoms with Gasteiger partial charge < -0.3 is 10.4 Å². The molecule has 0 fully saturated rings. The fourth-order valence-corrected chi connectivity index (χ4v) is 1.74. The van der Waals surface area contributed by atoms with Gasteiger partial charge in [0.1, 0.15) is 16.9 Å². The lowest BCUT2D eigenvalue weighted by atomic mass is 10.0. The van der Waals surface area contributed by atoms with Gasteiger partial charge in [-0.05, 0) is 18.6 Å². The molecule has 1 aromatic heterocycles. The first kappa shape index (κ1) is 13.8. The van der Waals surface area contributed by atoms with E-state index in [2.05, 4.69) is 15.3 Å². The second kappa shape index (κ2) is 6.44. The number of carboxylic acids is 1. The number of nitrogens with one attached hydrogen (secondary N) is 1. The van der Waals surface area contributed by atoms with E-state index in [4.69, 9.17) is 5.11 Å². The summed E-state index contributed by atoms with van der Waals surface area (Å²) in [5, 5.41) is 12.8. The quantitative estimate of drug-likeness (QED) is 0.758. The highest BCUT2D eigenvalue weighted by Gasteiger charge is 2.19. The fourth-order valence-electron chi connectivity index (χ4n) is 1.39. The van der Waals surface area contributed by atoms with Crippen molar-refractivity contribution in [3.8, 4) is 0 Å². The molecule has 17 heavy (non-hydrogen) atoms. The zero-order chi connectivity index (χ0) is 12.8. The lowest BCUT2D eigenvalue weighted by Gasteiger charge is -2.16. The summed E-state index contributed by atoms with van der Waals surface area (Å²) in [7, 11) is 0. The SMILES string of the molecule is CSc1cncc(N[C@@H](CC(C)C)C(=O)O)n1. The van der Waals surface area contributed by atoms with E-state index >= 15 is 0 Å². The van der Waals surface area contributed by atoms with Crippen LogP contribution in [0.15, 0.2) is 17.4 Å². The highest BCUT2D eigenvalue weighted by molar-refractivity contribution is 7.98. The van der Waals surface area contributed by atoms with Crippen LogP contribution in [0, 0.1) is 5.92 Å². The summed E-state index contributed by atoms with van der Waals surface area (Å²) in [4.78, 5) is 19.3. The van der Waals surface area contributed by atoms with E-state index < -0.39 is 12.0 Å². The average molecular weight is 255 g/mol. The van der Waals surface area contributed by atoms with Gasteiger partial charge in [0.15, 0.2) is 0 Å². The predicted molar refractivity (Wildman–Crippen MR) is 68.3 cm³/mol. The maximum absolute atomic E-state index is 11.1. The largest absolute Gasteiger partial charge is 0.480 e. The number of carboxylic acid groups (broad SMARTS) is 1. The van der Waals surface area contributed by atoms with E-state index in [0.29, 0.717) is 18.2 Å². The van der Waals surface area contributed by atoms with Gasteiger partial charge in [0.2, 0.25) is 0 Å². The van der Waals surface area contributed by atoms with Gasteiger partial charge in [-0.25, -0.2) is 9.78 Å². The Balaban J connectivity index is 2.74. The normalized spacial score (nSPS) is 12.5. The van der Waals surface area contributed by atoms with E-state index in [1.54, 1.807) is 6.20 Å². The predicted octanol–water partition coefficient (Wildman–Crippen LogP) is 2.11. The lowest BCUT2D eigenvalue weighted by molar-refractivity contribution is -0.138. The van der Waals surface area contributed by atoms with E-state index in [0.717, 1.165) is 5.03 Å². The Morgan fingerprint density at radius 2 is 2.24 bits per heavy atom. The van der Waals surface area contributed by atoms with Crippen LogP contribution >= 0.6 is 11.8 Å². The van der Waals surface area contributed by atoms with Crippen molar-refractivity contribution in [1.29, 1.82) is 0 Å². The third kappa shape index (κ3) is 4.60. The molecule has 0 spiro atoms. The molecule has 2 N–H and O–H groups in total. The first-order chi connectivity index (χ1) is 8.02. The Bertz CT molecular complexity index is 385. The van der Waals surface area contributed by atoms with Crippen LogP contribution < -0.4 is 5.32 Å². The number of hydrogen-bond acceptors (Lipinski definition) is 5. The van der Waals surface area contributed by atoms with Crippen molar-refractivity contribution < 1.29 is 9.90 Å². The molecule has 5 nitrogen and oxygen atoms in total. The number of aromatic nitrogens is 2. The molecule has 1 aromatic rings. The van der Waals surface area contributed by atoms with Crippen LogP contribution in [0.1, 0.15) is 20.3 Å². The van der Waals surface area contributed by atoms with Gasteiger partial charge in [-0.3, -0.25) is 4.98 Å². The summed E-state index contributed by atoms with van der Waals surface area (Å²) in [6.07, 6.45) is 5.64. The van der Waals surface area contributed by atoms with Gasteiger partial charge in [-0.1, -0.05) is 13.8 Å². The Kier molecular flexibility index (Phi) is 5.21. The van der Waals surface area contributed by atoms with Gasteiger partial charge in [0.05, 0.1) is 12.4 Å². The van der Waals surface area contributed by atoms with Gasteiger partial charge in [-0.2, -0.15) is 0 Å². The fraction of sp³-hybridized carbons (Fsp3) is 0.545. The van der Waals surface area contributed by atoms with Crippen LogP contribution in [0.2, 0.25) is 0 Å². The van der Waals surface area contributed by atoms with Crippen molar-refractivity contribution in [2.75, 3.05) is 11.6 Å². The van der Waals surface area contributed by atoms with Crippen molar-refractivity contribution in [1.82, 2.24) is 9.97 Å². The molecule has 1 rings (SSSR count). The highest BCUT2D eigenvalue weighted by Crippen LogP contribution is 2.15. The molecule has 0 aliphatic rings. The van der Waals surface area contributed by atoms with Crippen LogP contribution in [-0.4, -0.2) is 33.3 Å². The zero-order valence-electron chi connectivity index (χ0n) is 10.2. The summed E-state index contributed by atoms with van der Waals surface area (Å²) in [6.45, 7) is 3.98. The molecule has 0 amide bonds. The molecule has 1 atom stereocenters. The minimum atomic E-state index is -0.866. The summed E-state index contributed by atoms with van der Waals surface area (Å²) >= 11 is 1.47. The molecule has 94 valence electrons. The van der Waals surface area contributed by atoms with Crippen molar-refractivity contribution in [2.24, 2.45) is 5.92 Å². The van der Waals surface area contributed by atoms with E-state index in [1.165, 1.54) is 18.0 Å². The number of nitrogens with zero attached hydrogens (tertiary/aromatic N) is 2. The Morgan fingerprint density at radius 1 is 1.53 bits per heavy atom. The van der Waals surface area contributed by atoms with E-state index in [-0.39, 0.29) is 0 Å². The van der Waals surface area contributed by atoms with Crippen LogP contribution in [-0.2, 0) is 4.79 Å². The third-order valence-electron chi connectivity index (χ3n) is 2.15. The minimum Gasteiger partial charge on any atom is -0.480 e. The standard InChI is InChI=1S/C11H17N3O2S/c1-7(2)4-8(11(15)16)13-9-5-12-6-10(14-9)17-3/h5-8H,4H2,1-3H3,(H,13,14)(H,15,16)/t8-/m0/s1. The molecule has 1 heterocycles. The maximum atomic E-state index is 11.1. The second-order valence-corrected chi connectivity index (χ2v) is 4.94. The Hall–Kier alpha value is -1.30. The van der Waals surface area contributed by atoms with E-state index in [9.17, 15) is 4.79 Å². The zero-order valence-corrected chi connectivity index (χ0v) is 11.0. The number of carbonyl (C=O) groups is 1. The van der Waals surface area contributed by atoms with Crippen molar-refractivity contribution in [3.05, 3.63) is 12.4 Å². The van der Waals surface area contributed by atoms with Crippen LogP contribution in [0.25, 0.3) is 0 Å². The third-order valence-corrected chi connectivity index (χ3v) is 2.76. The van der Waals surface area contributed by atoms with Gasteiger partial charge in [0.25, 0.3) is 0 Å². The topological polar surface area (TPSA) is 75.1 Å². The molecule has 0 aromatic carbocycles. The van der Waals surface area contributed by atoms with Crippen LogP contribution in [0.5, 0.6) is 0 Å². The molecule has 0 saturated carbocycles. The maximum Gasteiger partial charge on any atom is 0.326 e. The number of anilines is 1. The molecule has 0 unspecified atom stereocenters. The molecule has 0 aliphatic carbocycles. The molecule has 0 saturated heterocycles. The van der Waals surface area contributed by atoms with Gasteiger partial charge in [0, 0.05) is 0 Å². The molecular formula is C11H17N3O2S. The van der Waals surface area contributed by atoms with Crippen LogP contribution in [0.3, 0.4) is 0 Å². The van der Waals surface area contributed by atoms with Crippen molar-refractivity contribution in [2.45, 2.75) is 31.3 Å². The summed E-state index contributed by atoms with van der Waals surface area (Å²) in [6, 6.07) is -0.624. The summed E-state index contributed by atoms with van der Waals surface area (Å²) < 4.78 is 0. The molecule has 6 heteroatoms. The Labute approximate surface area is 105 Å². The van der Waals surface area contributed by atoms with Crippen LogP contribution in [0.4, 0.5) is 5.82 Å². The molecule has 0 radical (unpaired) electrons. The first-order valence-electron chi connectivity index (χ1n) is 5.38. The molecular weight excluding hydrogens is 238 g/mol. The monoisotopic (exact) mass is 255 g/mol. The number of hydrogen-bond donors (Lipinski definition) is 2. The summed E-state index contributed by atoms with van der Waals surface area (Å²) in [5.74, 6) is -0.0553. The Morgan fingerprint density at radius 3 is 2.76 bits per heavy atom. The number of thioether (sulfide) groups is 1. The molecule has 0 bridgehead atoms. The average Bonchev–Trinajstić information content (AvgIpc) is 2.27. The van der Waals surface area contributed by atoms with Crippen molar-refractivity contribution in [3.63, 3.8) is 0 Å². The highest BCUT2D eigenvalue weighted by atomic mass is 32.2. The lowest BCUT2D eigenvalue weighted by Crippen LogP contribution is -2.31. The smallest absolute Gasteiger partial charge is 0.326 e. The van der Waals surface area contributed by atoms with Crippen molar-refractivity contribution >= 4 is 23.5 Å². The number of aliphatic carboxylic acids is 1. The number of rotatable bonds is 6. The van der Waals surface area contributed by atoms with Gasteiger partial charge >= 0.3 is 5.97 Å². The first-order valence-corrected chi connectivity index (χ1v) is 6.60. The molecule has 0 aliphatic heterocycles. The minimum absolute atomic E-state index is 0.306. The van der Waals surface area contributed by atoms with Gasteiger partial charge in [-0.15, -0.1) is 11.8 Å².